The van der Waals surface area contributed by atoms with Crippen LogP contribution in [0.1, 0.15) is 53.9 Å². The molecule has 2 saturated carbocycles. The Morgan fingerprint density at radius 3 is 2.19 bits per heavy atom. The first kappa shape index (κ1) is 23.7. The summed E-state index contributed by atoms with van der Waals surface area (Å²) in [4.78, 5) is 38.7. The summed E-state index contributed by atoms with van der Waals surface area (Å²) in [5.41, 5.74) is -1.15. The van der Waals surface area contributed by atoms with E-state index in [4.69, 9.17) is 18.9 Å². The fourth-order valence-corrected chi connectivity index (χ4v) is 7.69. The van der Waals surface area contributed by atoms with Gasteiger partial charge in [-0.25, -0.2) is 0 Å². The van der Waals surface area contributed by atoms with Crippen LogP contribution in [0.5, 0.6) is 0 Å². The van der Waals surface area contributed by atoms with Crippen molar-refractivity contribution in [2.45, 2.75) is 66.3 Å². The minimum atomic E-state index is -1.15. The molecule has 0 aromatic carbocycles. The predicted octanol–water partition coefficient (Wildman–Crippen LogP) is 3.44. The minimum absolute atomic E-state index is 0.0472. The van der Waals surface area contributed by atoms with Crippen LogP contribution >= 0.6 is 0 Å². The lowest BCUT2D eigenvalue weighted by molar-refractivity contribution is -0.224. The summed E-state index contributed by atoms with van der Waals surface area (Å²) in [5.74, 6) is -1.08. The molecule has 0 aromatic heterocycles. The van der Waals surface area contributed by atoms with Crippen molar-refractivity contribution in [3.05, 3.63) is 0 Å². The van der Waals surface area contributed by atoms with Crippen molar-refractivity contribution < 1.29 is 33.3 Å². The summed E-state index contributed by atoms with van der Waals surface area (Å²) >= 11 is 0. The zero-order valence-electron chi connectivity index (χ0n) is 20.3. The van der Waals surface area contributed by atoms with Crippen LogP contribution < -0.4 is 0 Å². The molecule has 0 amide bonds. The van der Waals surface area contributed by atoms with E-state index in [1.54, 1.807) is 21.0 Å². The number of carbonyl (C=O) groups is 3. The maximum atomic E-state index is 13.2. The van der Waals surface area contributed by atoms with Crippen molar-refractivity contribution in [1.82, 2.24) is 0 Å². The third-order valence-electron chi connectivity index (χ3n) is 9.52. The van der Waals surface area contributed by atoms with Gasteiger partial charge in [-0.2, -0.15) is 0 Å². The second-order valence-electron chi connectivity index (χ2n) is 11.2. The summed E-state index contributed by atoms with van der Waals surface area (Å²) in [6.45, 7) is 10.1. The zero-order chi connectivity index (χ0) is 23.5. The highest BCUT2D eigenvalue weighted by atomic mass is 16.7. The average molecular weight is 451 g/mol. The molecule has 11 atom stereocenters. The van der Waals surface area contributed by atoms with Gasteiger partial charge in [-0.3, -0.25) is 14.4 Å². The van der Waals surface area contributed by atoms with Gasteiger partial charge in [0.25, 0.3) is 0 Å². The minimum Gasteiger partial charge on any atom is -0.469 e. The predicted molar refractivity (Wildman–Crippen MR) is 115 cm³/mol. The van der Waals surface area contributed by atoms with Crippen LogP contribution in [-0.4, -0.2) is 44.5 Å². The second-order valence-corrected chi connectivity index (χ2v) is 11.2. The second kappa shape index (κ2) is 8.39. The third-order valence-corrected chi connectivity index (χ3v) is 9.52. The van der Waals surface area contributed by atoms with Gasteiger partial charge in [-0.1, -0.05) is 20.8 Å². The molecule has 7 nitrogen and oxygen atoms in total. The Morgan fingerprint density at radius 2 is 1.59 bits per heavy atom. The summed E-state index contributed by atoms with van der Waals surface area (Å²) in [5, 5.41) is 0. The molecule has 0 spiro atoms. The molecule has 11 unspecified atom stereocenters. The Balaban J connectivity index is 1.75. The Morgan fingerprint density at radius 1 is 0.969 bits per heavy atom. The molecule has 2 saturated heterocycles. The van der Waals surface area contributed by atoms with Gasteiger partial charge in [0.05, 0.1) is 30.5 Å². The van der Waals surface area contributed by atoms with Crippen molar-refractivity contribution in [1.29, 1.82) is 0 Å². The van der Waals surface area contributed by atoms with E-state index in [9.17, 15) is 14.4 Å². The quantitative estimate of drug-likeness (QED) is 0.468. The Bertz CT molecular complexity index is 776. The highest BCUT2D eigenvalue weighted by Crippen LogP contribution is 2.65. The molecule has 0 aromatic rings. The van der Waals surface area contributed by atoms with Crippen LogP contribution in [0, 0.1) is 58.7 Å². The summed E-state index contributed by atoms with van der Waals surface area (Å²) in [6, 6.07) is 0. The first-order valence-electron chi connectivity index (χ1n) is 12.1. The molecule has 2 aliphatic heterocycles. The molecule has 2 aliphatic carbocycles. The monoisotopic (exact) mass is 450 g/mol. The lowest BCUT2D eigenvalue weighted by Gasteiger charge is -2.48. The number of ether oxygens (including phenoxy) is 4. The largest absolute Gasteiger partial charge is 0.469 e. The van der Waals surface area contributed by atoms with Gasteiger partial charge in [-0.05, 0) is 74.5 Å². The summed E-state index contributed by atoms with van der Waals surface area (Å²) < 4.78 is 22.2. The fourth-order valence-electron chi connectivity index (χ4n) is 7.69. The van der Waals surface area contributed by atoms with E-state index in [1.165, 1.54) is 7.11 Å². The number of rotatable bonds is 5. The molecule has 4 rings (SSSR count). The third kappa shape index (κ3) is 3.42. The van der Waals surface area contributed by atoms with E-state index in [-0.39, 0.29) is 30.1 Å². The topological polar surface area (TPSA) is 88.1 Å². The molecular weight excluding hydrogens is 412 g/mol. The normalized spacial score (nSPS) is 46.4. The number of hydrogen-bond donors (Lipinski definition) is 0. The van der Waals surface area contributed by atoms with Crippen molar-refractivity contribution in [3.8, 4) is 0 Å². The van der Waals surface area contributed by atoms with Crippen LogP contribution in [0.4, 0.5) is 0 Å². The van der Waals surface area contributed by atoms with Gasteiger partial charge in [-0.15, -0.1) is 0 Å². The van der Waals surface area contributed by atoms with E-state index in [2.05, 4.69) is 20.8 Å². The molecule has 180 valence electrons. The molecule has 32 heavy (non-hydrogen) atoms. The van der Waals surface area contributed by atoms with Gasteiger partial charge in [0, 0.05) is 7.11 Å². The number of hydrogen-bond acceptors (Lipinski definition) is 7. The molecule has 0 N–H and O–H groups in total. The zero-order valence-corrected chi connectivity index (χ0v) is 20.3. The molecule has 4 aliphatic rings. The smallest absolute Gasteiger partial charge is 0.318 e. The lowest BCUT2D eigenvalue weighted by Crippen LogP contribution is -2.52. The first-order valence-corrected chi connectivity index (χ1v) is 12.1. The number of methoxy groups -OCH3 is 2. The average Bonchev–Trinajstić information content (AvgIpc) is 3.37. The maximum Gasteiger partial charge on any atom is 0.318 e. The van der Waals surface area contributed by atoms with Crippen molar-refractivity contribution >= 4 is 17.9 Å². The highest BCUT2D eigenvalue weighted by Gasteiger charge is 2.67. The molecule has 2 bridgehead atoms. The van der Waals surface area contributed by atoms with Crippen LogP contribution in [0.2, 0.25) is 0 Å². The Kier molecular flexibility index (Phi) is 6.21. The molecule has 2 heterocycles. The van der Waals surface area contributed by atoms with Gasteiger partial charge < -0.3 is 18.9 Å². The molecule has 4 fully saturated rings. The fraction of sp³-hybridized carbons (Fsp3) is 0.880. The summed E-state index contributed by atoms with van der Waals surface area (Å²) in [6.07, 6.45) is 2.58. The van der Waals surface area contributed by atoms with Crippen molar-refractivity contribution in [3.63, 3.8) is 0 Å². The van der Waals surface area contributed by atoms with Gasteiger partial charge in [0.2, 0.25) is 0 Å². The highest BCUT2D eigenvalue weighted by molar-refractivity contribution is 5.99. The molecular formula is C25H38O7. The SMILES string of the molecule is COC(=O)C(C)(C)C1C(=O)OC(=O)C1C1C2CC(C(C)C2C)C1C1OC(OC)CCC1C. The van der Waals surface area contributed by atoms with E-state index in [0.717, 1.165) is 19.3 Å². The lowest BCUT2D eigenvalue weighted by atomic mass is 9.57. The van der Waals surface area contributed by atoms with Crippen molar-refractivity contribution in [2.75, 3.05) is 14.2 Å². The maximum absolute atomic E-state index is 13.2. The number of cyclic esters (lactones) is 2. The van der Waals surface area contributed by atoms with E-state index >= 15 is 0 Å². The van der Waals surface area contributed by atoms with Crippen LogP contribution in [0.3, 0.4) is 0 Å². The number of fused-ring (bicyclic) bond motifs is 2. The van der Waals surface area contributed by atoms with Crippen LogP contribution in [0.25, 0.3) is 0 Å². The molecule has 7 heteroatoms. The van der Waals surface area contributed by atoms with E-state index in [1.807, 2.05) is 0 Å². The van der Waals surface area contributed by atoms with Gasteiger partial charge in [0.15, 0.2) is 6.29 Å². The Hall–Kier alpha value is -1.47. The van der Waals surface area contributed by atoms with Crippen LogP contribution in [0.15, 0.2) is 0 Å². The summed E-state index contributed by atoms with van der Waals surface area (Å²) in [7, 11) is 2.98. The standard InChI is InChI=1S/C25H38O7/c1-11-8-9-16(29-6)31-21(11)18-15-10-14(12(2)13(15)3)17(18)19-20(23(27)32-22(19)26)25(4,5)24(28)30-7/h11-21H,8-10H2,1-7H3. The Labute approximate surface area is 190 Å². The van der Waals surface area contributed by atoms with Gasteiger partial charge in [0.1, 0.15) is 0 Å². The van der Waals surface area contributed by atoms with Gasteiger partial charge >= 0.3 is 17.9 Å². The van der Waals surface area contributed by atoms with E-state index < -0.39 is 35.2 Å². The van der Waals surface area contributed by atoms with Crippen LogP contribution in [-0.2, 0) is 33.3 Å². The van der Waals surface area contributed by atoms with E-state index in [0.29, 0.717) is 23.7 Å². The number of carbonyl (C=O) groups excluding carboxylic acids is 3. The first-order chi connectivity index (χ1) is 15.0. The number of esters is 3. The van der Waals surface area contributed by atoms with Crippen molar-refractivity contribution in [2.24, 2.45) is 58.7 Å². The molecule has 0 radical (unpaired) electrons.